The first kappa shape index (κ1) is 16.5. The lowest BCUT2D eigenvalue weighted by Gasteiger charge is -2.05. The standard InChI is InChI=1S/C6H6ClO4P.2ClH/c7-5-1-3-6(4-2-5)11-12(8,9)10;;/h1-4H,(H2,8,9,10);2*1H. The zero-order valence-corrected chi connectivity index (χ0v) is 9.95. The molecule has 0 unspecified atom stereocenters. The third-order valence-corrected chi connectivity index (χ3v) is 1.74. The lowest BCUT2D eigenvalue weighted by molar-refractivity contribution is 0.283. The number of halogens is 3. The number of phosphoric acid groups is 1. The van der Waals surface area contributed by atoms with Gasteiger partial charge in [0.05, 0.1) is 0 Å². The average Bonchev–Trinajstić information content (AvgIpc) is 1.91. The van der Waals surface area contributed by atoms with Crippen LogP contribution in [0.1, 0.15) is 0 Å². The van der Waals surface area contributed by atoms with Crippen molar-refractivity contribution >= 4 is 44.2 Å². The predicted molar refractivity (Wildman–Crippen MR) is 58.6 cm³/mol. The average molecular weight is 281 g/mol. The number of rotatable bonds is 2. The molecule has 8 heteroatoms. The summed E-state index contributed by atoms with van der Waals surface area (Å²) in [5.74, 6) is 0.0905. The van der Waals surface area contributed by atoms with Crippen molar-refractivity contribution in [2.45, 2.75) is 0 Å². The van der Waals surface area contributed by atoms with E-state index in [0.717, 1.165) is 0 Å². The van der Waals surface area contributed by atoms with Gasteiger partial charge in [0.25, 0.3) is 0 Å². The highest BCUT2D eigenvalue weighted by molar-refractivity contribution is 7.46. The minimum absolute atomic E-state index is 0. The normalized spacial score (nSPS) is 9.64. The van der Waals surface area contributed by atoms with Crippen molar-refractivity contribution in [1.29, 1.82) is 0 Å². The Kier molecular flexibility index (Phi) is 7.66. The topological polar surface area (TPSA) is 66.8 Å². The van der Waals surface area contributed by atoms with Crippen LogP contribution < -0.4 is 4.52 Å². The highest BCUT2D eigenvalue weighted by Crippen LogP contribution is 2.37. The van der Waals surface area contributed by atoms with Gasteiger partial charge in [-0.2, -0.15) is 0 Å². The second-order valence-electron chi connectivity index (χ2n) is 2.04. The van der Waals surface area contributed by atoms with E-state index in [4.69, 9.17) is 21.4 Å². The third-order valence-electron chi connectivity index (χ3n) is 1.04. The zero-order valence-electron chi connectivity index (χ0n) is 6.66. The maximum Gasteiger partial charge on any atom is 0.524 e. The van der Waals surface area contributed by atoms with E-state index in [2.05, 4.69) is 4.52 Å². The van der Waals surface area contributed by atoms with Crippen LogP contribution in [0.4, 0.5) is 0 Å². The van der Waals surface area contributed by atoms with E-state index < -0.39 is 7.82 Å². The van der Waals surface area contributed by atoms with Crippen molar-refractivity contribution in [1.82, 2.24) is 0 Å². The van der Waals surface area contributed by atoms with Crippen molar-refractivity contribution < 1.29 is 18.9 Å². The van der Waals surface area contributed by atoms with E-state index in [1.54, 1.807) is 0 Å². The maximum absolute atomic E-state index is 10.3. The molecule has 0 aliphatic heterocycles. The fourth-order valence-corrected chi connectivity index (χ4v) is 1.16. The van der Waals surface area contributed by atoms with E-state index in [-0.39, 0.29) is 30.6 Å². The quantitative estimate of drug-likeness (QED) is 0.818. The van der Waals surface area contributed by atoms with Gasteiger partial charge in [-0.25, -0.2) is 4.57 Å². The van der Waals surface area contributed by atoms with Crippen LogP contribution in [0, 0.1) is 0 Å². The Labute approximate surface area is 98.3 Å². The first-order valence-corrected chi connectivity index (χ1v) is 4.89. The molecule has 14 heavy (non-hydrogen) atoms. The highest BCUT2D eigenvalue weighted by Gasteiger charge is 2.14. The second-order valence-corrected chi connectivity index (χ2v) is 3.64. The number of phosphoric ester groups is 1. The number of benzene rings is 1. The Bertz CT molecular complexity index is 309. The molecule has 0 saturated heterocycles. The molecule has 0 aromatic heterocycles. The van der Waals surface area contributed by atoms with Crippen LogP contribution in [0.15, 0.2) is 24.3 Å². The Morgan fingerprint density at radius 3 is 1.93 bits per heavy atom. The Morgan fingerprint density at radius 2 is 1.57 bits per heavy atom. The van der Waals surface area contributed by atoms with Gasteiger partial charge < -0.3 is 4.52 Å². The maximum atomic E-state index is 10.3. The molecule has 0 fully saturated rings. The molecule has 1 aromatic carbocycles. The molecule has 0 atom stereocenters. The number of hydrogen-bond acceptors (Lipinski definition) is 2. The summed E-state index contributed by atoms with van der Waals surface area (Å²) in [6.07, 6.45) is 0. The van der Waals surface area contributed by atoms with Gasteiger partial charge in [0.1, 0.15) is 5.75 Å². The number of hydrogen-bond donors (Lipinski definition) is 2. The molecule has 0 aliphatic rings. The van der Waals surface area contributed by atoms with Crippen molar-refractivity contribution in [2.75, 3.05) is 0 Å². The third kappa shape index (κ3) is 6.49. The minimum Gasteiger partial charge on any atom is -0.404 e. The van der Waals surface area contributed by atoms with Crippen LogP contribution in [0.25, 0.3) is 0 Å². The molecule has 2 N–H and O–H groups in total. The molecule has 0 saturated carbocycles. The summed E-state index contributed by atoms with van der Waals surface area (Å²) in [6.45, 7) is 0. The Balaban J connectivity index is 0. The highest BCUT2D eigenvalue weighted by atomic mass is 35.5. The lowest BCUT2D eigenvalue weighted by Crippen LogP contribution is -1.89. The second kappa shape index (κ2) is 6.51. The summed E-state index contributed by atoms with van der Waals surface area (Å²) in [6, 6.07) is 5.71. The SMILES string of the molecule is Cl.Cl.O=P(O)(O)Oc1ccc(Cl)cc1. The summed E-state index contributed by atoms with van der Waals surface area (Å²) < 4.78 is 14.6. The molecule has 0 spiro atoms. The molecule has 0 radical (unpaired) electrons. The van der Waals surface area contributed by atoms with Crippen LogP contribution in [0.3, 0.4) is 0 Å². The lowest BCUT2D eigenvalue weighted by atomic mass is 10.3. The molecular formula is C6H8Cl3O4P. The van der Waals surface area contributed by atoms with Crippen LogP contribution in [0.5, 0.6) is 5.75 Å². The van der Waals surface area contributed by atoms with E-state index in [0.29, 0.717) is 5.02 Å². The van der Waals surface area contributed by atoms with E-state index in [1.807, 2.05) is 0 Å². The van der Waals surface area contributed by atoms with Crippen LogP contribution >= 0.6 is 44.2 Å². The summed E-state index contributed by atoms with van der Waals surface area (Å²) in [5.41, 5.74) is 0. The van der Waals surface area contributed by atoms with E-state index in [1.165, 1.54) is 24.3 Å². The van der Waals surface area contributed by atoms with Gasteiger partial charge in [-0.1, -0.05) is 11.6 Å². The first-order chi connectivity index (χ1) is 5.47. The van der Waals surface area contributed by atoms with Gasteiger partial charge in [-0.05, 0) is 24.3 Å². The Morgan fingerprint density at radius 1 is 1.14 bits per heavy atom. The molecule has 0 amide bonds. The van der Waals surface area contributed by atoms with Crippen LogP contribution in [0.2, 0.25) is 5.02 Å². The fourth-order valence-electron chi connectivity index (χ4n) is 0.633. The van der Waals surface area contributed by atoms with Gasteiger partial charge in [0, 0.05) is 5.02 Å². The molecule has 4 nitrogen and oxygen atoms in total. The summed E-state index contributed by atoms with van der Waals surface area (Å²) in [7, 11) is -4.45. The van der Waals surface area contributed by atoms with Crippen molar-refractivity contribution in [3.63, 3.8) is 0 Å². The van der Waals surface area contributed by atoms with E-state index >= 15 is 0 Å². The molecule has 1 aromatic rings. The van der Waals surface area contributed by atoms with Crippen molar-refractivity contribution in [3.8, 4) is 5.75 Å². The molecular weight excluding hydrogens is 273 g/mol. The molecule has 82 valence electrons. The monoisotopic (exact) mass is 280 g/mol. The summed E-state index contributed by atoms with van der Waals surface area (Å²) in [4.78, 5) is 16.8. The van der Waals surface area contributed by atoms with Gasteiger partial charge in [0.15, 0.2) is 0 Å². The van der Waals surface area contributed by atoms with Crippen LogP contribution in [-0.2, 0) is 4.57 Å². The molecule has 0 bridgehead atoms. The van der Waals surface area contributed by atoms with Crippen molar-refractivity contribution in [2.24, 2.45) is 0 Å². The molecule has 0 heterocycles. The van der Waals surface area contributed by atoms with Gasteiger partial charge in [0.2, 0.25) is 0 Å². The van der Waals surface area contributed by atoms with E-state index in [9.17, 15) is 4.57 Å². The van der Waals surface area contributed by atoms with Crippen molar-refractivity contribution in [3.05, 3.63) is 29.3 Å². The fraction of sp³-hybridized carbons (Fsp3) is 0. The predicted octanol–water partition coefficient (Wildman–Crippen LogP) is 2.66. The largest absolute Gasteiger partial charge is 0.524 e. The first-order valence-electron chi connectivity index (χ1n) is 2.98. The molecule has 1 rings (SSSR count). The summed E-state index contributed by atoms with van der Waals surface area (Å²) >= 11 is 5.53. The molecule has 0 aliphatic carbocycles. The minimum atomic E-state index is -4.45. The van der Waals surface area contributed by atoms with Crippen LogP contribution in [-0.4, -0.2) is 9.79 Å². The van der Waals surface area contributed by atoms with Gasteiger partial charge >= 0.3 is 7.82 Å². The Hall–Kier alpha value is 0.0400. The summed E-state index contributed by atoms with van der Waals surface area (Å²) in [5, 5.41) is 0.480. The van der Waals surface area contributed by atoms with Gasteiger partial charge in [-0.15, -0.1) is 24.8 Å². The zero-order chi connectivity index (χ0) is 9.19. The smallest absolute Gasteiger partial charge is 0.404 e. The van der Waals surface area contributed by atoms with Gasteiger partial charge in [-0.3, -0.25) is 9.79 Å².